The summed E-state index contributed by atoms with van der Waals surface area (Å²) in [5.41, 5.74) is 7.78. The number of hydrogen-bond acceptors (Lipinski definition) is 4. The number of ether oxygens (including phenoxy) is 2. The third-order valence-corrected chi connectivity index (χ3v) is 3.05. The number of rotatable bonds is 5. The standard InChI is InChI=1S/C17H18N2O3/c1-21-15-9-7-12(11-13(15)18)8-10-17(20)19-14-5-3-4-6-16(14)22-2/h3-11H,18H2,1-2H3,(H,19,20)/b10-8+. The van der Waals surface area contributed by atoms with Crippen LogP contribution in [-0.2, 0) is 4.79 Å². The van der Waals surface area contributed by atoms with E-state index < -0.39 is 0 Å². The predicted octanol–water partition coefficient (Wildman–Crippen LogP) is 2.94. The van der Waals surface area contributed by atoms with E-state index in [-0.39, 0.29) is 5.91 Å². The van der Waals surface area contributed by atoms with Crippen molar-refractivity contribution in [3.05, 3.63) is 54.1 Å². The van der Waals surface area contributed by atoms with Crippen LogP contribution in [0.1, 0.15) is 5.56 Å². The zero-order chi connectivity index (χ0) is 15.9. The molecule has 5 nitrogen and oxygen atoms in total. The number of nitrogens with one attached hydrogen (secondary N) is 1. The Morgan fingerprint density at radius 2 is 1.82 bits per heavy atom. The fourth-order valence-electron chi connectivity index (χ4n) is 1.95. The van der Waals surface area contributed by atoms with Crippen LogP contribution in [0.25, 0.3) is 6.08 Å². The normalized spacial score (nSPS) is 10.5. The van der Waals surface area contributed by atoms with Gasteiger partial charge in [-0.25, -0.2) is 0 Å². The average molecular weight is 298 g/mol. The second kappa shape index (κ2) is 7.17. The summed E-state index contributed by atoms with van der Waals surface area (Å²) in [6.07, 6.45) is 3.12. The Bertz CT molecular complexity index is 696. The van der Waals surface area contributed by atoms with Gasteiger partial charge in [-0.1, -0.05) is 18.2 Å². The van der Waals surface area contributed by atoms with Crippen molar-refractivity contribution in [2.75, 3.05) is 25.3 Å². The number of carbonyl (C=O) groups excluding carboxylic acids is 1. The maximum Gasteiger partial charge on any atom is 0.248 e. The summed E-state index contributed by atoms with van der Waals surface area (Å²) in [7, 11) is 3.11. The van der Waals surface area contributed by atoms with Crippen LogP contribution in [0.3, 0.4) is 0 Å². The van der Waals surface area contributed by atoms with Gasteiger partial charge in [0.1, 0.15) is 11.5 Å². The number of amides is 1. The van der Waals surface area contributed by atoms with E-state index in [4.69, 9.17) is 15.2 Å². The van der Waals surface area contributed by atoms with E-state index in [2.05, 4.69) is 5.32 Å². The van der Waals surface area contributed by atoms with E-state index >= 15 is 0 Å². The minimum Gasteiger partial charge on any atom is -0.495 e. The predicted molar refractivity (Wildman–Crippen MR) is 88.1 cm³/mol. The van der Waals surface area contributed by atoms with Crippen molar-refractivity contribution in [3.8, 4) is 11.5 Å². The number of benzene rings is 2. The van der Waals surface area contributed by atoms with Gasteiger partial charge in [0, 0.05) is 6.08 Å². The summed E-state index contributed by atoms with van der Waals surface area (Å²) in [4.78, 5) is 12.0. The van der Waals surface area contributed by atoms with Crippen LogP contribution in [0.5, 0.6) is 11.5 Å². The van der Waals surface area contributed by atoms with Crippen LogP contribution in [0.15, 0.2) is 48.5 Å². The van der Waals surface area contributed by atoms with Gasteiger partial charge < -0.3 is 20.5 Å². The van der Waals surface area contributed by atoms with Crippen LogP contribution < -0.4 is 20.5 Å². The first-order valence-corrected chi connectivity index (χ1v) is 6.69. The molecule has 22 heavy (non-hydrogen) atoms. The molecule has 2 rings (SSSR count). The van der Waals surface area contributed by atoms with Crippen LogP contribution >= 0.6 is 0 Å². The molecule has 0 fully saturated rings. The molecule has 0 saturated heterocycles. The van der Waals surface area contributed by atoms with Gasteiger partial charge in [-0.15, -0.1) is 0 Å². The minimum absolute atomic E-state index is 0.251. The van der Waals surface area contributed by atoms with E-state index in [1.165, 1.54) is 6.08 Å². The maximum absolute atomic E-state index is 12.0. The van der Waals surface area contributed by atoms with Crippen molar-refractivity contribution in [1.29, 1.82) is 0 Å². The summed E-state index contributed by atoms with van der Waals surface area (Å²) in [5.74, 6) is 0.965. The number of anilines is 2. The van der Waals surface area contributed by atoms with Crippen molar-refractivity contribution >= 4 is 23.4 Å². The molecule has 5 heteroatoms. The summed E-state index contributed by atoms with van der Waals surface area (Å²) in [6.45, 7) is 0. The molecule has 2 aromatic carbocycles. The molecule has 0 aliphatic heterocycles. The number of methoxy groups -OCH3 is 2. The molecule has 1 amide bonds. The zero-order valence-electron chi connectivity index (χ0n) is 12.5. The number of nitrogen functional groups attached to an aromatic ring is 1. The quantitative estimate of drug-likeness (QED) is 0.657. The first kappa shape index (κ1) is 15.4. The molecular formula is C17H18N2O3. The number of nitrogens with two attached hydrogens (primary N) is 1. The van der Waals surface area contributed by atoms with Crippen LogP contribution in [-0.4, -0.2) is 20.1 Å². The largest absolute Gasteiger partial charge is 0.495 e. The molecule has 0 heterocycles. The van der Waals surface area contributed by atoms with Crippen molar-refractivity contribution < 1.29 is 14.3 Å². The molecule has 0 aliphatic carbocycles. The fraction of sp³-hybridized carbons (Fsp3) is 0.118. The second-order valence-electron chi connectivity index (χ2n) is 4.52. The van der Waals surface area contributed by atoms with Gasteiger partial charge >= 0.3 is 0 Å². The van der Waals surface area contributed by atoms with Gasteiger partial charge in [0.15, 0.2) is 0 Å². The Morgan fingerprint density at radius 1 is 1.09 bits per heavy atom. The Labute approximate surface area is 129 Å². The van der Waals surface area contributed by atoms with Crippen molar-refractivity contribution in [2.45, 2.75) is 0 Å². The summed E-state index contributed by atoms with van der Waals surface area (Å²) in [6, 6.07) is 12.5. The van der Waals surface area contributed by atoms with Crippen LogP contribution in [0, 0.1) is 0 Å². The number of para-hydroxylation sites is 2. The number of carbonyl (C=O) groups is 1. The topological polar surface area (TPSA) is 73.6 Å². The SMILES string of the molecule is COc1ccc(/C=C/C(=O)Nc2ccccc2OC)cc1N. The highest BCUT2D eigenvalue weighted by atomic mass is 16.5. The Balaban J connectivity index is 2.07. The monoisotopic (exact) mass is 298 g/mol. The molecule has 0 radical (unpaired) electrons. The molecule has 0 bridgehead atoms. The zero-order valence-corrected chi connectivity index (χ0v) is 12.5. The lowest BCUT2D eigenvalue weighted by atomic mass is 10.1. The smallest absolute Gasteiger partial charge is 0.248 e. The molecule has 0 atom stereocenters. The highest BCUT2D eigenvalue weighted by Crippen LogP contribution is 2.24. The average Bonchev–Trinajstić information content (AvgIpc) is 2.53. The van der Waals surface area contributed by atoms with Crippen molar-refractivity contribution in [1.82, 2.24) is 0 Å². The van der Waals surface area contributed by atoms with Crippen molar-refractivity contribution in [3.63, 3.8) is 0 Å². The third-order valence-electron chi connectivity index (χ3n) is 3.05. The lowest BCUT2D eigenvalue weighted by Gasteiger charge is -2.08. The molecule has 0 saturated carbocycles. The summed E-state index contributed by atoms with van der Waals surface area (Å²) < 4.78 is 10.3. The molecule has 0 unspecified atom stereocenters. The van der Waals surface area contributed by atoms with Crippen molar-refractivity contribution in [2.24, 2.45) is 0 Å². The first-order valence-electron chi connectivity index (χ1n) is 6.69. The minimum atomic E-state index is -0.251. The van der Waals surface area contributed by atoms with E-state index in [1.807, 2.05) is 18.2 Å². The molecule has 2 aromatic rings. The molecule has 114 valence electrons. The Hall–Kier alpha value is -2.95. The van der Waals surface area contributed by atoms with Gasteiger partial charge in [-0.3, -0.25) is 4.79 Å². The number of hydrogen-bond donors (Lipinski definition) is 2. The van der Waals surface area contributed by atoms with Gasteiger partial charge in [-0.2, -0.15) is 0 Å². The highest BCUT2D eigenvalue weighted by Gasteiger charge is 2.04. The van der Waals surface area contributed by atoms with E-state index in [9.17, 15) is 4.79 Å². The van der Waals surface area contributed by atoms with Gasteiger partial charge in [0.25, 0.3) is 0 Å². The first-order chi connectivity index (χ1) is 10.6. The Morgan fingerprint density at radius 3 is 2.50 bits per heavy atom. The Kier molecular flexibility index (Phi) is 5.03. The van der Waals surface area contributed by atoms with Crippen LogP contribution in [0.4, 0.5) is 11.4 Å². The molecule has 0 spiro atoms. The highest BCUT2D eigenvalue weighted by molar-refractivity contribution is 6.02. The molecule has 0 aliphatic rings. The second-order valence-corrected chi connectivity index (χ2v) is 4.52. The van der Waals surface area contributed by atoms with Crippen LogP contribution in [0.2, 0.25) is 0 Å². The van der Waals surface area contributed by atoms with Gasteiger partial charge in [0.05, 0.1) is 25.6 Å². The van der Waals surface area contributed by atoms with E-state index in [1.54, 1.807) is 44.6 Å². The fourth-order valence-corrected chi connectivity index (χ4v) is 1.95. The van der Waals surface area contributed by atoms with E-state index in [0.717, 1.165) is 5.56 Å². The lowest BCUT2D eigenvalue weighted by molar-refractivity contribution is -0.111. The summed E-state index contributed by atoms with van der Waals surface area (Å²) >= 11 is 0. The molecular weight excluding hydrogens is 280 g/mol. The molecule has 3 N–H and O–H groups in total. The van der Waals surface area contributed by atoms with E-state index in [0.29, 0.717) is 22.9 Å². The maximum atomic E-state index is 12.0. The van der Waals surface area contributed by atoms with Gasteiger partial charge in [-0.05, 0) is 35.9 Å². The summed E-state index contributed by atoms with van der Waals surface area (Å²) in [5, 5.41) is 2.76. The third kappa shape index (κ3) is 3.79. The molecule has 0 aromatic heterocycles. The lowest BCUT2D eigenvalue weighted by Crippen LogP contribution is -2.08. The van der Waals surface area contributed by atoms with Gasteiger partial charge in [0.2, 0.25) is 5.91 Å².